The molecule has 0 aliphatic heterocycles. The minimum absolute atomic E-state index is 1.31. The second-order valence-corrected chi connectivity index (χ2v) is 11.9. The lowest BCUT2D eigenvalue weighted by atomic mass is 10.0. The van der Waals surface area contributed by atoms with Crippen LogP contribution in [-0.2, 0) is 0 Å². The molecular weight excluding hydrogens is 444 g/mol. The topological polar surface area (TPSA) is 0 Å². The van der Waals surface area contributed by atoms with Gasteiger partial charge in [-0.05, 0) is 51.4 Å². The Balaban J connectivity index is 3.12. The molecule has 0 heteroatoms. The molecule has 0 aliphatic rings. The Morgan fingerprint density at radius 3 is 0.568 bits per heavy atom. The zero-order chi connectivity index (χ0) is 26.7. The quantitative estimate of drug-likeness (QED) is 0.0616. The van der Waals surface area contributed by atoms with E-state index in [0.717, 1.165) is 0 Å². The summed E-state index contributed by atoms with van der Waals surface area (Å²) < 4.78 is 0. The van der Waals surface area contributed by atoms with Gasteiger partial charge in [0.15, 0.2) is 0 Å². The minimum atomic E-state index is 1.31. The summed E-state index contributed by atoms with van der Waals surface area (Å²) >= 11 is 0. The fraction of sp³-hybridized carbons (Fsp3) is 0.892. The molecule has 0 nitrogen and oxygen atoms in total. The molecule has 0 aliphatic carbocycles. The third-order valence-corrected chi connectivity index (χ3v) is 8.02. The number of allylic oxidation sites excluding steroid dienone is 4. The van der Waals surface area contributed by atoms with E-state index in [1.165, 1.54) is 199 Å². The molecular formula is C37H72. The molecule has 0 radical (unpaired) electrons. The summed E-state index contributed by atoms with van der Waals surface area (Å²) in [6, 6.07) is 0. The number of hydrogen-bond acceptors (Lipinski definition) is 0. The molecule has 220 valence electrons. The van der Waals surface area contributed by atoms with Gasteiger partial charge in [0.1, 0.15) is 0 Å². The van der Waals surface area contributed by atoms with E-state index in [2.05, 4.69) is 38.2 Å². The smallest absolute Gasteiger partial charge is 0.0351 e. The highest BCUT2D eigenvalue weighted by Gasteiger charge is 1.94. The Bertz CT molecular complexity index is 391. The van der Waals surface area contributed by atoms with Crippen LogP contribution in [-0.4, -0.2) is 0 Å². The van der Waals surface area contributed by atoms with Crippen molar-refractivity contribution in [1.29, 1.82) is 0 Å². The van der Waals surface area contributed by atoms with Crippen LogP contribution in [0.5, 0.6) is 0 Å². The molecule has 0 unspecified atom stereocenters. The van der Waals surface area contributed by atoms with Gasteiger partial charge in [0.25, 0.3) is 0 Å². The lowest BCUT2D eigenvalue weighted by Crippen LogP contribution is -1.82. The van der Waals surface area contributed by atoms with Crippen molar-refractivity contribution < 1.29 is 0 Å². The van der Waals surface area contributed by atoms with Gasteiger partial charge in [0.05, 0.1) is 0 Å². The van der Waals surface area contributed by atoms with Crippen molar-refractivity contribution in [3.63, 3.8) is 0 Å². The number of hydrogen-bond donors (Lipinski definition) is 0. The van der Waals surface area contributed by atoms with Crippen molar-refractivity contribution in [2.75, 3.05) is 0 Å². The fourth-order valence-corrected chi connectivity index (χ4v) is 5.38. The number of rotatable bonds is 32. The summed E-state index contributed by atoms with van der Waals surface area (Å²) in [4.78, 5) is 0. The second kappa shape index (κ2) is 35.5. The Kier molecular flexibility index (Phi) is 35.0. The predicted octanol–water partition coefficient (Wildman–Crippen LogP) is 14.2. The minimum Gasteiger partial charge on any atom is -0.0885 e. The molecule has 0 aromatic rings. The molecule has 37 heavy (non-hydrogen) atoms. The van der Waals surface area contributed by atoms with Gasteiger partial charge in [-0.15, -0.1) is 0 Å². The maximum atomic E-state index is 2.45. The first-order chi connectivity index (χ1) is 18.4. The van der Waals surface area contributed by atoms with E-state index in [9.17, 15) is 0 Å². The molecule has 0 rings (SSSR count). The molecule has 0 fully saturated rings. The summed E-state index contributed by atoms with van der Waals surface area (Å²) in [5.41, 5.74) is 0. The fourth-order valence-electron chi connectivity index (χ4n) is 5.38. The van der Waals surface area contributed by atoms with Gasteiger partial charge in [-0.1, -0.05) is 186 Å². The Morgan fingerprint density at radius 2 is 0.378 bits per heavy atom. The molecule has 0 heterocycles. The lowest BCUT2D eigenvalue weighted by Gasteiger charge is -2.02. The SMILES string of the molecule is CCCCCCCCCCC/C=C\CCCCCCCCCCC/C=C\CCCCCCCCCCC. The maximum Gasteiger partial charge on any atom is -0.0351 e. The Hall–Kier alpha value is -0.520. The molecule has 0 N–H and O–H groups in total. The first-order valence-electron chi connectivity index (χ1n) is 17.7. The Morgan fingerprint density at radius 1 is 0.216 bits per heavy atom. The monoisotopic (exact) mass is 517 g/mol. The van der Waals surface area contributed by atoms with Gasteiger partial charge < -0.3 is 0 Å². The zero-order valence-electron chi connectivity index (χ0n) is 26.2. The molecule has 0 bridgehead atoms. The van der Waals surface area contributed by atoms with E-state index >= 15 is 0 Å². The first kappa shape index (κ1) is 36.5. The van der Waals surface area contributed by atoms with Gasteiger partial charge in [0.2, 0.25) is 0 Å². The second-order valence-electron chi connectivity index (χ2n) is 11.9. The standard InChI is InChI=1S/C37H72/c1-3-5-7-9-11-13-15-17-19-21-23-25-27-29-31-33-35-37-36-34-32-30-28-26-24-22-20-18-16-14-12-10-8-6-4-2/h23-26H,3-22,27-37H2,1-2H3/b25-23-,26-24-. The van der Waals surface area contributed by atoms with Crippen molar-refractivity contribution >= 4 is 0 Å². The van der Waals surface area contributed by atoms with Gasteiger partial charge in [-0.2, -0.15) is 0 Å². The first-order valence-corrected chi connectivity index (χ1v) is 17.7. The highest BCUT2D eigenvalue weighted by Crippen LogP contribution is 2.14. The van der Waals surface area contributed by atoms with E-state index in [-0.39, 0.29) is 0 Å². The average molecular weight is 517 g/mol. The Labute approximate surface area is 236 Å². The van der Waals surface area contributed by atoms with Crippen molar-refractivity contribution in [3.05, 3.63) is 24.3 Å². The van der Waals surface area contributed by atoms with Gasteiger partial charge in [-0.3, -0.25) is 0 Å². The van der Waals surface area contributed by atoms with Crippen molar-refractivity contribution in [3.8, 4) is 0 Å². The summed E-state index contributed by atoms with van der Waals surface area (Å²) in [5.74, 6) is 0. The largest absolute Gasteiger partial charge is 0.0885 e. The molecule has 0 atom stereocenters. The van der Waals surface area contributed by atoms with E-state index < -0.39 is 0 Å². The van der Waals surface area contributed by atoms with Crippen LogP contribution < -0.4 is 0 Å². The highest BCUT2D eigenvalue weighted by molar-refractivity contribution is 4.82. The normalized spacial score (nSPS) is 11.9. The van der Waals surface area contributed by atoms with Crippen LogP contribution in [0.4, 0.5) is 0 Å². The van der Waals surface area contributed by atoms with E-state index in [0.29, 0.717) is 0 Å². The van der Waals surface area contributed by atoms with Crippen molar-refractivity contribution in [1.82, 2.24) is 0 Å². The molecule has 0 aromatic carbocycles. The van der Waals surface area contributed by atoms with E-state index in [1.807, 2.05) is 0 Å². The van der Waals surface area contributed by atoms with Crippen molar-refractivity contribution in [2.24, 2.45) is 0 Å². The summed E-state index contributed by atoms with van der Waals surface area (Å²) in [6.45, 7) is 4.60. The van der Waals surface area contributed by atoms with Crippen LogP contribution >= 0.6 is 0 Å². The van der Waals surface area contributed by atoms with Crippen molar-refractivity contribution in [2.45, 2.75) is 213 Å². The van der Waals surface area contributed by atoms with Crippen LogP contribution in [0, 0.1) is 0 Å². The van der Waals surface area contributed by atoms with E-state index in [4.69, 9.17) is 0 Å². The zero-order valence-corrected chi connectivity index (χ0v) is 26.2. The molecule has 0 aromatic heterocycles. The lowest BCUT2D eigenvalue weighted by molar-refractivity contribution is 0.560. The third kappa shape index (κ3) is 35.5. The average Bonchev–Trinajstić information content (AvgIpc) is 2.91. The van der Waals surface area contributed by atoms with Crippen LogP contribution in [0.15, 0.2) is 24.3 Å². The molecule has 0 amide bonds. The maximum absolute atomic E-state index is 2.45. The summed E-state index contributed by atoms with van der Waals surface area (Å²) in [7, 11) is 0. The summed E-state index contributed by atoms with van der Waals surface area (Å²) in [5, 5.41) is 0. The van der Waals surface area contributed by atoms with E-state index in [1.54, 1.807) is 0 Å². The highest BCUT2D eigenvalue weighted by atomic mass is 14.0. The number of unbranched alkanes of at least 4 members (excludes halogenated alkanes) is 28. The predicted molar refractivity (Wildman–Crippen MR) is 173 cm³/mol. The van der Waals surface area contributed by atoms with Crippen LogP contribution in [0.1, 0.15) is 213 Å². The van der Waals surface area contributed by atoms with Gasteiger partial charge in [0, 0.05) is 0 Å². The molecule has 0 saturated heterocycles. The summed E-state index contributed by atoms with van der Waals surface area (Å²) in [6.07, 6.45) is 53.9. The van der Waals surface area contributed by atoms with Crippen LogP contribution in [0.2, 0.25) is 0 Å². The third-order valence-electron chi connectivity index (χ3n) is 8.02. The van der Waals surface area contributed by atoms with Gasteiger partial charge >= 0.3 is 0 Å². The van der Waals surface area contributed by atoms with Gasteiger partial charge in [-0.25, -0.2) is 0 Å². The molecule has 0 saturated carbocycles. The van der Waals surface area contributed by atoms with Crippen LogP contribution in [0.25, 0.3) is 0 Å². The molecule has 0 spiro atoms. The van der Waals surface area contributed by atoms with Crippen LogP contribution in [0.3, 0.4) is 0 Å².